The van der Waals surface area contributed by atoms with Crippen molar-refractivity contribution in [2.75, 3.05) is 18.4 Å². The molecule has 0 fully saturated rings. The van der Waals surface area contributed by atoms with E-state index in [0.29, 0.717) is 47.7 Å². The lowest BCUT2D eigenvalue weighted by molar-refractivity contribution is 0.0610. The first kappa shape index (κ1) is 23.5. The Morgan fingerprint density at radius 2 is 1.33 bits per heavy atom. The second-order valence-corrected chi connectivity index (χ2v) is 9.43. The summed E-state index contributed by atoms with van der Waals surface area (Å²) in [6.45, 7) is 5.18. The van der Waals surface area contributed by atoms with Crippen LogP contribution in [0.5, 0.6) is 0 Å². The molecule has 0 aromatic heterocycles. The molecule has 5 nitrogen and oxygen atoms in total. The number of rotatable bonds is 8. The van der Waals surface area contributed by atoms with Gasteiger partial charge in [-0.2, -0.15) is 0 Å². The molecule has 0 bridgehead atoms. The second-order valence-electron chi connectivity index (χ2n) is 9.43. The SMILES string of the molecule is CC(C)c1ccc(C(=O)c2ccc(NCCCN3C(=O)c4cccc5cccc(c45)C3=O)cc2)cc1. The number of ketones is 1. The zero-order valence-corrected chi connectivity index (χ0v) is 20.5. The van der Waals surface area contributed by atoms with Gasteiger partial charge in [-0.05, 0) is 59.7 Å². The van der Waals surface area contributed by atoms with Crippen LogP contribution >= 0.6 is 0 Å². The predicted molar refractivity (Wildman–Crippen MR) is 143 cm³/mol. The van der Waals surface area contributed by atoms with E-state index < -0.39 is 0 Å². The number of anilines is 1. The number of nitrogens with one attached hydrogen (secondary N) is 1. The first-order valence-electron chi connectivity index (χ1n) is 12.3. The van der Waals surface area contributed by atoms with E-state index in [9.17, 15) is 14.4 Å². The van der Waals surface area contributed by atoms with Crippen LogP contribution in [-0.4, -0.2) is 35.6 Å². The molecular weight excluding hydrogens is 448 g/mol. The van der Waals surface area contributed by atoms with Crippen molar-refractivity contribution in [2.24, 2.45) is 0 Å². The maximum Gasteiger partial charge on any atom is 0.261 e. The molecule has 0 radical (unpaired) electrons. The number of carbonyl (C=O) groups is 3. The van der Waals surface area contributed by atoms with E-state index in [1.54, 1.807) is 12.1 Å². The summed E-state index contributed by atoms with van der Waals surface area (Å²) >= 11 is 0. The van der Waals surface area contributed by atoms with Crippen LogP contribution in [-0.2, 0) is 0 Å². The summed E-state index contributed by atoms with van der Waals surface area (Å²) in [6.07, 6.45) is 0.610. The molecule has 1 aliphatic heterocycles. The largest absolute Gasteiger partial charge is 0.385 e. The number of imide groups is 1. The smallest absolute Gasteiger partial charge is 0.261 e. The average molecular weight is 477 g/mol. The Hall–Kier alpha value is -4.25. The van der Waals surface area contributed by atoms with Crippen molar-refractivity contribution in [3.8, 4) is 0 Å². The van der Waals surface area contributed by atoms with E-state index >= 15 is 0 Å². The van der Waals surface area contributed by atoms with Crippen molar-refractivity contribution >= 4 is 34.1 Å². The molecule has 4 aromatic rings. The molecule has 0 saturated carbocycles. The molecule has 5 heteroatoms. The lowest BCUT2D eigenvalue weighted by atomic mass is 9.94. The van der Waals surface area contributed by atoms with Crippen LogP contribution in [0.1, 0.15) is 68.4 Å². The maximum atomic E-state index is 13.0. The van der Waals surface area contributed by atoms with Gasteiger partial charge in [0.05, 0.1) is 0 Å². The third-order valence-electron chi connectivity index (χ3n) is 6.73. The van der Waals surface area contributed by atoms with Crippen LogP contribution in [0.15, 0.2) is 84.9 Å². The molecule has 36 heavy (non-hydrogen) atoms. The van der Waals surface area contributed by atoms with Gasteiger partial charge in [-0.15, -0.1) is 0 Å². The van der Waals surface area contributed by atoms with E-state index in [-0.39, 0.29) is 17.6 Å². The van der Waals surface area contributed by atoms with Crippen molar-refractivity contribution in [1.82, 2.24) is 4.90 Å². The summed E-state index contributed by atoms with van der Waals surface area (Å²) < 4.78 is 0. The Labute approximate surface area is 210 Å². The fourth-order valence-corrected chi connectivity index (χ4v) is 4.68. The van der Waals surface area contributed by atoms with Crippen molar-refractivity contribution in [1.29, 1.82) is 0 Å². The van der Waals surface area contributed by atoms with Gasteiger partial charge in [-0.1, -0.05) is 62.4 Å². The minimum absolute atomic E-state index is 0.00530. The number of nitrogens with zero attached hydrogens (tertiary/aromatic N) is 1. The minimum atomic E-state index is -0.242. The molecule has 1 aliphatic rings. The van der Waals surface area contributed by atoms with Gasteiger partial charge < -0.3 is 5.32 Å². The highest BCUT2D eigenvalue weighted by molar-refractivity contribution is 6.25. The fraction of sp³-hybridized carbons (Fsp3) is 0.194. The standard InChI is InChI=1S/C31H28N2O3/c1-20(2)21-10-12-23(13-11-21)29(34)24-14-16-25(17-15-24)32-18-5-19-33-30(35)26-8-3-6-22-7-4-9-27(28(22)26)31(33)36/h3-4,6-17,20,32H,5,18-19H2,1-2H3. The van der Waals surface area contributed by atoms with Gasteiger partial charge >= 0.3 is 0 Å². The molecule has 180 valence electrons. The van der Waals surface area contributed by atoms with Crippen LogP contribution in [0.3, 0.4) is 0 Å². The van der Waals surface area contributed by atoms with Crippen LogP contribution < -0.4 is 5.32 Å². The maximum absolute atomic E-state index is 13.0. The van der Waals surface area contributed by atoms with Gasteiger partial charge in [0.15, 0.2) is 5.78 Å². The zero-order chi connectivity index (χ0) is 25.2. The third kappa shape index (κ3) is 4.40. The highest BCUT2D eigenvalue weighted by Gasteiger charge is 2.32. The number of hydrogen-bond acceptors (Lipinski definition) is 4. The van der Waals surface area contributed by atoms with Crippen LogP contribution in [0.25, 0.3) is 10.8 Å². The third-order valence-corrected chi connectivity index (χ3v) is 6.73. The number of benzene rings is 4. The predicted octanol–water partition coefficient (Wildman–Crippen LogP) is 6.29. The molecule has 0 unspecified atom stereocenters. The highest BCUT2D eigenvalue weighted by Crippen LogP contribution is 2.30. The van der Waals surface area contributed by atoms with Crippen LogP contribution in [0.4, 0.5) is 5.69 Å². The quantitative estimate of drug-likeness (QED) is 0.184. The second kappa shape index (κ2) is 9.78. The number of hydrogen-bond donors (Lipinski definition) is 1. The van der Waals surface area contributed by atoms with Crippen LogP contribution in [0.2, 0.25) is 0 Å². The molecule has 0 saturated heterocycles. The van der Waals surface area contributed by atoms with Gasteiger partial charge in [0.2, 0.25) is 0 Å². The van der Waals surface area contributed by atoms with E-state index in [4.69, 9.17) is 0 Å². The molecule has 2 amide bonds. The lowest BCUT2D eigenvalue weighted by Gasteiger charge is -2.27. The Morgan fingerprint density at radius 3 is 1.89 bits per heavy atom. The first-order chi connectivity index (χ1) is 17.4. The molecule has 0 atom stereocenters. The Morgan fingerprint density at radius 1 is 0.778 bits per heavy atom. The molecule has 1 heterocycles. The fourth-order valence-electron chi connectivity index (χ4n) is 4.68. The van der Waals surface area contributed by atoms with Gasteiger partial charge in [-0.25, -0.2) is 0 Å². The summed E-state index contributed by atoms with van der Waals surface area (Å²) in [5.74, 6) is -0.0627. The normalized spacial score (nSPS) is 12.9. The summed E-state index contributed by atoms with van der Waals surface area (Å²) in [4.78, 5) is 40.1. The van der Waals surface area contributed by atoms with Gasteiger partial charge in [0.1, 0.15) is 0 Å². The van der Waals surface area contributed by atoms with Gasteiger partial charge in [-0.3, -0.25) is 19.3 Å². The summed E-state index contributed by atoms with van der Waals surface area (Å²) in [5.41, 5.74) is 4.56. The lowest BCUT2D eigenvalue weighted by Crippen LogP contribution is -2.41. The summed E-state index contributed by atoms with van der Waals surface area (Å²) in [5, 5.41) is 4.97. The summed E-state index contributed by atoms with van der Waals surface area (Å²) in [6, 6.07) is 26.3. The summed E-state index contributed by atoms with van der Waals surface area (Å²) in [7, 11) is 0. The van der Waals surface area contributed by atoms with Crippen molar-refractivity contribution in [3.05, 3.63) is 113 Å². The number of carbonyl (C=O) groups excluding carboxylic acids is 3. The Kier molecular flexibility index (Phi) is 6.38. The van der Waals surface area contributed by atoms with Crippen molar-refractivity contribution in [2.45, 2.75) is 26.2 Å². The van der Waals surface area contributed by atoms with E-state index in [2.05, 4.69) is 19.2 Å². The van der Waals surface area contributed by atoms with Gasteiger partial charge in [0, 0.05) is 46.4 Å². The molecule has 0 aliphatic carbocycles. The monoisotopic (exact) mass is 476 g/mol. The number of amides is 2. The van der Waals surface area contributed by atoms with Gasteiger partial charge in [0.25, 0.3) is 11.8 Å². The molecular formula is C31H28N2O3. The average Bonchev–Trinajstić information content (AvgIpc) is 2.91. The Bertz CT molecular complexity index is 1400. The first-order valence-corrected chi connectivity index (χ1v) is 12.3. The molecule has 1 N–H and O–H groups in total. The van der Waals surface area contributed by atoms with E-state index in [1.165, 1.54) is 10.5 Å². The Balaban J connectivity index is 1.18. The zero-order valence-electron chi connectivity index (χ0n) is 20.5. The molecule has 4 aromatic carbocycles. The topological polar surface area (TPSA) is 66.5 Å². The molecule has 5 rings (SSSR count). The van der Waals surface area contributed by atoms with Crippen molar-refractivity contribution < 1.29 is 14.4 Å². The molecule has 0 spiro atoms. The van der Waals surface area contributed by atoms with Crippen LogP contribution in [0, 0.1) is 0 Å². The van der Waals surface area contributed by atoms with Crippen molar-refractivity contribution in [3.63, 3.8) is 0 Å². The minimum Gasteiger partial charge on any atom is -0.385 e. The van der Waals surface area contributed by atoms with E-state index in [1.807, 2.05) is 72.8 Å². The van der Waals surface area contributed by atoms with E-state index in [0.717, 1.165) is 16.5 Å². The highest BCUT2D eigenvalue weighted by atomic mass is 16.2.